The van der Waals surface area contributed by atoms with Gasteiger partial charge in [0.2, 0.25) is 0 Å². The lowest BCUT2D eigenvalue weighted by Crippen LogP contribution is -2.60. The van der Waals surface area contributed by atoms with Crippen LogP contribution in [0.3, 0.4) is 0 Å². The number of carbonyl (C=O) groups excluding carboxylic acids is 4. The molecular weight excluding hydrogens is 1090 g/mol. The molecule has 0 N–H and O–H groups in total. The number of hydrogen-bond donors (Lipinski definition) is 0. The van der Waals surface area contributed by atoms with Gasteiger partial charge in [-0.25, -0.2) is 9.59 Å². The Balaban J connectivity index is -0.000000260. The summed E-state index contributed by atoms with van der Waals surface area (Å²) in [5.74, 6) is -1.55. The van der Waals surface area contributed by atoms with Crippen LogP contribution >= 0.6 is 0 Å². The Hall–Kier alpha value is -1.22. The molecule has 2 heterocycles. The molecule has 24 heteroatoms. The minimum atomic E-state index is -2.98. The van der Waals surface area contributed by atoms with Crippen LogP contribution in [0.2, 0.25) is 130 Å². The summed E-state index contributed by atoms with van der Waals surface area (Å²) in [5, 5.41) is 0. The van der Waals surface area contributed by atoms with E-state index in [0.29, 0.717) is 62.5 Å². The van der Waals surface area contributed by atoms with Crippen molar-refractivity contribution in [2.24, 2.45) is 10.8 Å². The van der Waals surface area contributed by atoms with Crippen molar-refractivity contribution in [2.75, 3.05) is 39.6 Å². The monoisotopic (exact) mass is 1210 g/mol. The highest BCUT2D eigenvalue weighted by Gasteiger charge is 2.53. The molecule has 75 heavy (non-hydrogen) atoms. The third-order valence-electron chi connectivity index (χ3n) is 9.38. The second-order valence-electron chi connectivity index (χ2n) is 25.0. The van der Waals surface area contributed by atoms with Gasteiger partial charge in [-0.15, -0.1) is 0 Å². The highest BCUT2D eigenvalue weighted by Crippen LogP contribution is 2.41. The molecule has 0 aromatic rings. The molecule has 450 valence electrons. The van der Waals surface area contributed by atoms with Crippen molar-refractivity contribution in [3.8, 4) is 0 Å². The number of epoxide rings is 2. The lowest BCUT2D eigenvalue weighted by molar-refractivity contribution is -0.175. The van der Waals surface area contributed by atoms with Gasteiger partial charge in [0.05, 0.1) is 37.3 Å². The van der Waals surface area contributed by atoms with Gasteiger partial charge >= 0.3 is 41.5 Å². The second-order valence-corrected chi connectivity index (χ2v) is 59.0. The molecule has 0 saturated carbocycles. The predicted octanol–water partition coefficient (Wildman–Crippen LogP) is 14.1. The molecule has 0 bridgehead atoms. The number of esters is 4. The molecule has 2 fully saturated rings. The van der Waals surface area contributed by atoms with E-state index in [-0.39, 0.29) is 74.5 Å². The highest BCUT2D eigenvalue weighted by molar-refractivity contribution is 6.91. The molecule has 2 aliphatic rings. The summed E-state index contributed by atoms with van der Waals surface area (Å²) in [4.78, 5) is 48.0. The van der Waals surface area contributed by atoms with Gasteiger partial charge in [-0.05, 0) is 172 Å². The quantitative estimate of drug-likeness (QED) is 0.0172. The number of hydrogen-bond acceptors (Lipinski definition) is 16. The molecule has 0 amide bonds. The summed E-state index contributed by atoms with van der Waals surface area (Å²) in [5.41, 5.74) is -1.28. The third-order valence-corrected chi connectivity index (χ3v) is 33.5. The fourth-order valence-corrected chi connectivity index (χ4v) is 35.2. The first-order chi connectivity index (χ1) is 31.1. The van der Waals surface area contributed by atoms with Crippen LogP contribution in [0.1, 0.15) is 91.5 Å². The molecule has 2 saturated heterocycles. The average Bonchev–Trinajstić information content (AvgIpc) is 4.05. The largest absolute Gasteiger partial charge is 0.469 e. The topological polar surface area (TPSA) is 186 Å². The lowest BCUT2D eigenvalue weighted by Gasteiger charge is -2.43. The number of carbonyl (C=O) groups is 4. The van der Waals surface area contributed by atoms with Gasteiger partial charge < -0.3 is 53.1 Å². The van der Waals surface area contributed by atoms with Crippen LogP contribution in [-0.2, 0) is 72.3 Å². The highest BCUT2D eigenvalue weighted by atomic mass is 28.5. The fraction of sp³-hybridized carbons (Fsp3) is 0.843. The summed E-state index contributed by atoms with van der Waals surface area (Å²) < 4.78 is 70.8. The first-order valence-electron chi connectivity index (χ1n) is 24.6. The standard InChI is InChI=1S/C23H50O8Si4.C16H38O5Si4.C7H10O3.5CH4/c1-22(2,23(3,4)21(25)28-18-19-17-27-19)20(24)26-15-14-16-35(29-32(5,6)7,30-33(8,9)10)31-34(11,12)13;1-15(2)16(17)18-13-12-14-25(19-22(3,4)5,20-23(6,7)8)21-24(9,10)11;1-5(2)7(8)10-4-6-3-9-6;;;;;/h19H,14-18H2,1-13H3;1,12-14H2,2-11H3;6H,1,3-4H2,2H3;5*1H4. The average molecular weight is 1210 g/mol. The van der Waals surface area contributed by atoms with Crippen LogP contribution in [0.25, 0.3) is 0 Å². The van der Waals surface area contributed by atoms with Crippen molar-refractivity contribution in [1.82, 2.24) is 0 Å². The van der Waals surface area contributed by atoms with E-state index in [1.165, 1.54) is 0 Å². The van der Waals surface area contributed by atoms with Crippen LogP contribution in [-0.4, -0.2) is 143 Å². The Morgan fingerprint density at radius 1 is 0.427 bits per heavy atom. The van der Waals surface area contributed by atoms with Crippen LogP contribution < -0.4 is 0 Å². The van der Waals surface area contributed by atoms with Crippen molar-refractivity contribution in [3.05, 3.63) is 24.3 Å². The number of rotatable bonds is 29. The summed E-state index contributed by atoms with van der Waals surface area (Å²) >= 11 is 0. The molecule has 2 rings (SSSR count). The summed E-state index contributed by atoms with van der Waals surface area (Å²) in [6.45, 7) is 58.4. The minimum Gasteiger partial charge on any atom is -0.465 e. The molecule has 0 aromatic heterocycles. The SMILES string of the molecule is C.C.C.C.C.C=C(C)C(=O)OCC1CO1.C=C(C)C(=O)OCCC[Si](O[Si](C)(C)C)(O[Si](C)(C)C)O[Si](C)(C)C.CC(C)(C(=O)OCCC[Si](O[Si](C)(C)C)(O[Si](C)(C)C)O[Si](C)(C)C)C(C)(C)C(=O)OCC1CO1. The summed E-state index contributed by atoms with van der Waals surface area (Å²) in [6.07, 6.45) is 1.36. The van der Waals surface area contributed by atoms with Crippen molar-refractivity contribution in [2.45, 2.75) is 234 Å². The van der Waals surface area contributed by atoms with Crippen molar-refractivity contribution < 1.29 is 72.3 Å². The fourth-order valence-electron chi connectivity index (χ4n) is 5.92. The molecule has 0 spiro atoms. The summed E-state index contributed by atoms with van der Waals surface area (Å²) in [6, 6.07) is 1.27. The minimum absolute atomic E-state index is 0. The smallest absolute Gasteiger partial charge is 0.465 e. The Morgan fingerprint density at radius 2 is 0.653 bits per heavy atom. The Kier molecular flexibility index (Phi) is 38.7. The zero-order valence-electron chi connectivity index (χ0n) is 48.2. The first-order valence-corrected chi connectivity index (χ1v) is 48.9. The van der Waals surface area contributed by atoms with Crippen molar-refractivity contribution >= 4 is 91.4 Å². The van der Waals surface area contributed by atoms with Crippen LogP contribution in [0.4, 0.5) is 0 Å². The van der Waals surface area contributed by atoms with Gasteiger partial charge in [-0.2, -0.15) is 0 Å². The molecule has 0 aromatic carbocycles. The van der Waals surface area contributed by atoms with Gasteiger partial charge in [0.25, 0.3) is 0 Å². The predicted molar refractivity (Wildman–Crippen MR) is 331 cm³/mol. The number of ether oxygens (including phenoxy) is 6. The Labute approximate surface area is 469 Å². The van der Waals surface area contributed by atoms with E-state index < -0.39 is 90.3 Å². The van der Waals surface area contributed by atoms with Gasteiger partial charge in [0, 0.05) is 23.2 Å². The zero-order valence-corrected chi connectivity index (χ0v) is 56.2. The van der Waals surface area contributed by atoms with E-state index in [9.17, 15) is 19.2 Å². The summed E-state index contributed by atoms with van der Waals surface area (Å²) in [7, 11) is -17.3. The molecule has 16 nitrogen and oxygen atoms in total. The second kappa shape index (κ2) is 34.2. The van der Waals surface area contributed by atoms with E-state index >= 15 is 0 Å². The molecule has 2 atom stereocenters. The molecule has 0 aliphatic carbocycles. The lowest BCUT2D eigenvalue weighted by atomic mass is 9.68. The zero-order chi connectivity index (χ0) is 55.2. The molecular formula is C51H118O16Si8. The van der Waals surface area contributed by atoms with E-state index in [4.69, 9.17) is 53.1 Å². The van der Waals surface area contributed by atoms with E-state index in [2.05, 4.69) is 131 Å². The third kappa shape index (κ3) is 39.7. The normalized spacial score (nSPS) is 15.8. The molecule has 2 unspecified atom stereocenters. The van der Waals surface area contributed by atoms with Crippen LogP contribution in [0.5, 0.6) is 0 Å². The van der Waals surface area contributed by atoms with Gasteiger partial charge in [-0.1, -0.05) is 50.3 Å². The van der Waals surface area contributed by atoms with Gasteiger partial charge in [-0.3, -0.25) is 9.59 Å². The Morgan fingerprint density at radius 3 is 0.893 bits per heavy atom. The van der Waals surface area contributed by atoms with Crippen LogP contribution in [0, 0.1) is 10.8 Å². The Bertz CT molecular complexity index is 1630. The van der Waals surface area contributed by atoms with Gasteiger partial charge in [0.1, 0.15) is 25.4 Å². The van der Waals surface area contributed by atoms with Crippen LogP contribution in [0.15, 0.2) is 24.3 Å². The maximum absolute atomic E-state index is 13.1. The first kappa shape index (κ1) is 85.1. The van der Waals surface area contributed by atoms with Crippen molar-refractivity contribution in [3.63, 3.8) is 0 Å². The molecule has 0 radical (unpaired) electrons. The van der Waals surface area contributed by atoms with Crippen molar-refractivity contribution in [1.29, 1.82) is 0 Å². The molecule has 2 aliphatic heterocycles. The maximum atomic E-state index is 13.1. The van der Waals surface area contributed by atoms with Gasteiger partial charge in [0.15, 0.2) is 49.9 Å². The van der Waals surface area contributed by atoms with E-state index in [1.807, 2.05) is 0 Å². The maximum Gasteiger partial charge on any atom is 0.469 e. The van der Waals surface area contributed by atoms with E-state index in [0.717, 1.165) is 0 Å². The van der Waals surface area contributed by atoms with E-state index in [1.54, 1.807) is 41.5 Å².